The molecular formula is C17H22ClN5O2. The summed E-state index contributed by atoms with van der Waals surface area (Å²) >= 11 is 0. The summed E-state index contributed by atoms with van der Waals surface area (Å²) in [5.74, 6) is 1.13. The highest BCUT2D eigenvalue weighted by atomic mass is 35.5. The van der Waals surface area contributed by atoms with Crippen LogP contribution in [0, 0.1) is 0 Å². The first-order valence-electron chi connectivity index (χ1n) is 8.35. The van der Waals surface area contributed by atoms with E-state index in [2.05, 4.69) is 10.1 Å². The van der Waals surface area contributed by atoms with E-state index in [0.717, 1.165) is 36.7 Å². The van der Waals surface area contributed by atoms with Crippen molar-refractivity contribution in [1.82, 2.24) is 19.3 Å². The molecule has 4 rings (SSSR count). The van der Waals surface area contributed by atoms with Crippen molar-refractivity contribution in [2.24, 2.45) is 12.8 Å². The van der Waals surface area contributed by atoms with Crippen molar-refractivity contribution in [1.29, 1.82) is 0 Å². The van der Waals surface area contributed by atoms with Gasteiger partial charge in [0.05, 0.1) is 16.6 Å². The molecule has 0 atom stereocenters. The van der Waals surface area contributed by atoms with Crippen molar-refractivity contribution in [3.8, 4) is 0 Å². The SMILES string of the molecule is Cl.Cn1c(=O)n(CCc2nc(C3(N)CCCC3)no2)c2ccccc21. The number of fused-ring (bicyclic) bond motifs is 1. The molecule has 2 N–H and O–H groups in total. The molecule has 0 amide bonds. The Balaban J connectivity index is 0.00000182. The number of nitrogens with two attached hydrogens (primary N) is 1. The normalized spacial score (nSPS) is 16.2. The number of hydrogen-bond acceptors (Lipinski definition) is 5. The molecule has 0 unspecified atom stereocenters. The third-order valence-corrected chi connectivity index (χ3v) is 5.01. The fourth-order valence-corrected chi connectivity index (χ4v) is 3.57. The molecule has 1 fully saturated rings. The van der Waals surface area contributed by atoms with E-state index < -0.39 is 5.54 Å². The lowest BCUT2D eigenvalue weighted by molar-refractivity contribution is 0.345. The van der Waals surface area contributed by atoms with Crippen LogP contribution >= 0.6 is 12.4 Å². The Bertz CT molecular complexity index is 936. The highest BCUT2D eigenvalue weighted by Gasteiger charge is 2.35. The van der Waals surface area contributed by atoms with Gasteiger partial charge in [0.2, 0.25) is 5.89 Å². The van der Waals surface area contributed by atoms with E-state index in [0.29, 0.717) is 24.7 Å². The minimum Gasteiger partial charge on any atom is -0.339 e. The topological polar surface area (TPSA) is 91.9 Å². The summed E-state index contributed by atoms with van der Waals surface area (Å²) in [6, 6.07) is 7.75. The molecule has 25 heavy (non-hydrogen) atoms. The number of rotatable bonds is 4. The Hall–Kier alpha value is -2.12. The lowest BCUT2D eigenvalue weighted by Crippen LogP contribution is -2.34. The summed E-state index contributed by atoms with van der Waals surface area (Å²) in [4.78, 5) is 16.9. The van der Waals surface area contributed by atoms with Crippen LogP contribution in [0.5, 0.6) is 0 Å². The second-order valence-corrected chi connectivity index (χ2v) is 6.61. The Morgan fingerprint density at radius 1 is 1.24 bits per heavy atom. The Labute approximate surface area is 151 Å². The van der Waals surface area contributed by atoms with Crippen molar-refractivity contribution in [2.45, 2.75) is 44.2 Å². The fourth-order valence-electron chi connectivity index (χ4n) is 3.57. The number of halogens is 1. The first-order chi connectivity index (χ1) is 11.6. The molecule has 0 saturated heterocycles. The first-order valence-corrected chi connectivity index (χ1v) is 8.35. The standard InChI is InChI=1S/C17H21N5O2.ClH/c1-21-12-6-2-3-7-13(12)22(16(21)23)11-8-14-19-15(20-24-14)17(18)9-4-5-10-17;/h2-3,6-7H,4-5,8-11,18H2,1H3;1H. The van der Waals surface area contributed by atoms with Gasteiger partial charge < -0.3 is 10.3 Å². The zero-order valence-electron chi connectivity index (χ0n) is 14.1. The summed E-state index contributed by atoms with van der Waals surface area (Å²) in [6.45, 7) is 0.499. The van der Waals surface area contributed by atoms with Crippen LogP contribution in [0.4, 0.5) is 0 Å². The zero-order chi connectivity index (χ0) is 16.7. The number of aryl methyl sites for hydroxylation is 3. The van der Waals surface area contributed by atoms with Gasteiger partial charge in [0.25, 0.3) is 0 Å². The smallest absolute Gasteiger partial charge is 0.328 e. The predicted octanol–water partition coefficient (Wildman–Crippen LogP) is 2.12. The van der Waals surface area contributed by atoms with Crippen molar-refractivity contribution in [2.75, 3.05) is 0 Å². The molecule has 0 spiro atoms. The molecule has 2 heterocycles. The van der Waals surface area contributed by atoms with Crippen LogP contribution in [0.25, 0.3) is 11.0 Å². The quantitative estimate of drug-likeness (QED) is 0.766. The molecule has 134 valence electrons. The average molecular weight is 364 g/mol. The Morgan fingerprint density at radius 3 is 2.64 bits per heavy atom. The summed E-state index contributed by atoms with van der Waals surface area (Å²) in [5.41, 5.74) is 7.70. The zero-order valence-corrected chi connectivity index (χ0v) is 15.0. The van der Waals surface area contributed by atoms with Crippen molar-refractivity contribution in [3.63, 3.8) is 0 Å². The molecule has 1 aromatic carbocycles. The van der Waals surface area contributed by atoms with Gasteiger partial charge >= 0.3 is 5.69 Å². The second kappa shape index (κ2) is 6.65. The molecule has 0 aliphatic heterocycles. The summed E-state index contributed by atoms with van der Waals surface area (Å²) in [6.07, 6.45) is 4.51. The Kier molecular flexibility index (Phi) is 4.71. The molecule has 8 heteroatoms. The van der Waals surface area contributed by atoms with Crippen LogP contribution in [0.2, 0.25) is 0 Å². The summed E-state index contributed by atoms with van der Waals surface area (Å²) in [7, 11) is 1.78. The molecule has 1 saturated carbocycles. The highest BCUT2D eigenvalue weighted by Crippen LogP contribution is 2.34. The van der Waals surface area contributed by atoms with Crippen molar-refractivity contribution in [3.05, 3.63) is 46.5 Å². The summed E-state index contributed by atoms with van der Waals surface area (Å²) < 4.78 is 8.76. The van der Waals surface area contributed by atoms with Crippen LogP contribution < -0.4 is 11.4 Å². The van der Waals surface area contributed by atoms with Crippen LogP contribution in [0.15, 0.2) is 33.6 Å². The average Bonchev–Trinajstić information content (AvgIpc) is 3.29. The molecule has 1 aliphatic rings. The number of benzene rings is 1. The third kappa shape index (κ3) is 2.98. The summed E-state index contributed by atoms with van der Waals surface area (Å²) in [5, 5.41) is 4.07. The van der Waals surface area contributed by atoms with Gasteiger partial charge in [0.15, 0.2) is 5.82 Å². The van der Waals surface area contributed by atoms with Gasteiger partial charge in [-0.05, 0) is 25.0 Å². The molecule has 3 aromatic rings. The van der Waals surface area contributed by atoms with Gasteiger partial charge in [0.1, 0.15) is 0 Å². The van der Waals surface area contributed by atoms with Gasteiger partial charge in [-0.15, -0.1) is 12.4 Å². The number of aromatic nitrogens is 4. The van der Waals surface area contributed by atoms with Crippen molar-refractivity contribution >= 4 is 23.4 Å². The second-order valence-electron chi connectivity index (χ2n) is 6.61. The van der Waals surface area contributed by atoms with E-state index >= 15 is 0 Å². The number of hydrogen-bond donors (Lipinski definition) is 1. The van der Waals surface area contributed by atoms with Gasteiger partial charge in [0, 0.05) is 20.0 Å². The molecule has 7 nitrogen and oxygen atoms in total. The molecular weight excluding hydrogens is 342 g/mol. The van der Waals surface area contributed by atoms with Gasteiger partial charge in [-0.25, -0.2) is 4.79 Å². The Morgan fingerprint density at radius 2 is 1.92 bits per heavy atom. The fraction of sp³-hybridized carbons (Fsp3) is 0.471. The predicted molar refractivity (Wildman–Crippen MR) is 96.8 cm³/mol. The lowest BCUT2D eigenvalue weighted by atomic mass is 9.99. The van der Waals surface area contributed by atoms with Crippen LogP contribution in [-0.4, -0.2) is 19.3 Å². The van der Waals surface area contributed by atoms with Crippen LogP contribution in [0.3, 0.4) is 0 Å². The monoisotopic (exact) mass is 363 g/mol. The first kappa shape index (κ1) is 17.7. The van der Waals surface area contributed by atoms with E-state index in [1.165, 1.54) is 0 Å². The number of imidazole rings is 1. The molecule has 2 aromatic heterocycles. The van der Waals surface area contributed by atoms with Gasteiger partial charge in [-0.2, -0.15) is 4.98 Å². The molecule has 1 aliphatic carbocycles. The van der Waals surface area contributed by atoms with Crippen LogP contribution in [0.1, 0.15) is 37.4 Å². The third-order valence-electron chi connectivity index (χ3n) is 5.01. The maximum Gasteiger partial charge on any atom is 0.328 e. The highest BCUT2D eigenvalue weighted by molar-refractivity contribution is 5.85. The maximum absolute atomic E-state index is 12.4. The molecule has 0 radical (unpaired) electrons. The van der Waals surface area contributed by atoms with E-state index in [1.807, 2.05) is 24.3 Å². The number of para-hydroxylation sites is 2. The van der Waals surface area contributed by atoms with E-state index in [4.69, 9.17) is 10.3 Å². The number of nitrogens with zero attached hydrogens (tertiary/aromatic N) is 4. The molecule has 0 bridgehead atoms. The van der Waals surface area contributed by atoms with Gasteiger partial charge in [-0.3, -0.25) is 9.13 Å². The van der Waals surface area contributed by atoms with Gasteiger partial charge in [-0.1, -0.05) is 30.1 Å². The largest absolute Gasteiger partial charge is 0.339 e. The van der Waals surface area contributed by atoms with E-state index in [9.17, 15) is 4.79 Å². The van der Waals surface area contributed by atoms with Crippen molar-refractivity contribution < 1.29 is 4.52 Å². The maximum atomic E-state index is 12.4. The van der Waals surface area contributed by atoms with Crippen LogP contribution in [-0.2, 0) is 25.6 Å². The lowest BCUT2D eigenvalue weighted by Gasteiger charge is -2.17. The van der Waals surface area contributed by atoms with E-state index in [1.54, 1.807) is 16.2 Å². The minimum absolute atomic E-state index is 0. The minimum atomic E-state index is -0.446. The van der Waals surface area contributed by atoms with E-state index in [-0.39, 0.29) is 18.1 Å².